The summed E-state index contributed by atoms with van der Waals surface area (Å²) in [5, 5.41) is 19.7. The monoisotopic (exact) mass is 178 g/mol. The molecule has 1 aromatic rings. The van der Waals surface area contributed by atoms with Gasteiger partial charge in [-0.2, -0.15) is 18.6 Å². The van der Waals surface area contributed by atoms with Crippen molar-refractivity contribution in [3.05, 3.63) is 12.3 Å². The Kier molecular flexibility index (Phi) is 2.61. The molecule has 0 bridgehead atoms. The van der Waals surface area contributed by atoms with E-state index in [9.17, 15) is 8.78 Å². The van der Waals surface area contributed by atoms with E-state index in [0.717, 1.165) is 12.3 Å². The van der Waals surface area contributed by atoms with Gasteiger partial charge in [-0.05, 0) is 0 Å². The van der Waals surface area contributed by atoms with Gasteiger partial charge in [-0.3, -0.25) is 0 Å². The van der Waals surface area contributed by atoms with Gasteiger partial charge in [0.25, 0.3) is 0 Å². The molecule has 0 aromatic carbocycles. The molecule has 0 unspecified atom stereocenters. The summed E-state index contributed by atoms with van der Waals surface area (Å²) in [4.78, 5) is 0. The van der Waals surface area contributed by atoms with E-state index in [0.29, 0.717) is 0 Å². The number of hydrogen-bond donors (Lipinski definition) is 2. The maximum atomic E-state index is 12.0. The summed E-state index contributed by atoms with van der Waals surface area (Å²) < 4.78 is 28.3. The predicted octanol–water partition coefficient (Wildman–Crippen LogP) is -0.374. The lowest BCUT2D eigenvalue weighted by Gasteiger charge is -2.06. The van der Waals surface area contributed by atoms with Gasteiger partial charge in [-0.15, -0.1) is 0 Å². The maximum absolute atomic E-state index is 12.0. The molecule has 8 heteroatoms. The fourth-order valence-corrected chi connectivity index (χ4v) is 0.650. The lowest BCUT2D eigenvalue weighted by Crippen LogP contribution is -2.22. The van der Waals surface area contributed by atoms with Gasteiger partial charge >= 0.3 is 13.9 Å². The average Bonchev–Trinajstić information content (AvgIpc) is 2.33. The smallest absolute Gasteiger partial charge is 0.498 e. The van der Waals surface area contributed by atoms with Crippen LogP contribution in [0.4, 0.5) is 8.78 Å². The van der Waals surface area contributed by atoms with Crippen molar-refractivity contribution in [3.63, 3.8) is 0 Å². The molecule has 5 nitrogen and oxygen atoms in total. The molecule has 66 valence electrons. The second-order valence-electron chi connectivity index (χ2n) is 1.84. The summed E-state index contributed by atoms with van der Waals surface area (Å²) in [7, 11) is -2.13. The normalized spacial score (nSPS) is 10.4. The van der Waals surface area contributed by atoms with Gasteiger partial charge in [0.1, 0.15) is 0 Å². The standard InChI is InChI=1S/C4H5BF2N2O3/c6-4(7)9-3(1-2-8-9)12-5(10)11/h1-2,4,10-11H. The Morgan fingerprint density at radius 2 is 2.25 bits per heavy atom. The molecule has 0 aliphatic heterocycles. The Morgan fingerprint density at radius 3 is 2.75 bits per heavy atom. The molecule has 0 fully saturated rings. The fourth-order valence-electron chi connectivity index (χ4n) is 0.650. The highest BCUT2D eigenvalue weighted by Gasteiger charge is 2.18. The molecule has 0 aliphatic carbocycles. The molecule has 0 spiro atoms. The zero-order valence-electron chi connectivity index (χ0n) is 5.76. The molecule has 12 heavy (non-hydrogen) atoms. The number of nitrogens with zero attached hydrogens (tertiary/aromatic N) is 2. The summed E-state index contributed by atoms with van der Waals surface area (Å²) in [6, 6.07) is 1.09. The van der Waals surface area contributed by atoms with Crippen molar-refractivity contribution < 1.29 is 23.5 Å². The van der Waals surface area contributed by atoms with Crippen molar-refractivity contribution >= 4 is 7.32 Å². The summed E-state index contributed by atoms with van der Waals surface area (Å²) >= 11 is 0. The first kappa shape index (κ1) is 8.95. The van der Waals surface area contributed by atoms with Crippen LogP contribution >= 0.6 is 0 Å². The van der Waals surface area contributed by atoms with Gasteiger partial charge in [-0.25, -0.2) is 0 Å². The van der Waals surface area contributed by atoms with Gasteiger partial charge in [0.05, 0.1) is 6.20 Å². The quantitative estimate of drug-likeness (QED) is 0.619. The minimum atomic E-state index is -2.87. The molecular formula is C4H5BF2N2O3. The molecule has 0 atom stereocenters. The first-order valence-electron chi connectivity index (χ1n) is 2.95. The van der Waals surface area contributed by atoms with Crippen molar-refractivity contribution in [2.24, 2.45) is 0 Å². The van der Waals surface area contributed by atoms with Crippen LogP contribution in [0, 0.1) is 0 Å². The Labute approximate surface area is 66.4 Å². The van der Waals surface area contributed by atoms with Gasteiger partial charge in [0.2, 0.25) is 5.88 Å². The largest absolute Gasteiger partial charge is 0.708 e. The Bertz CT molecular complexity index is 254. The van der Waals surface area contributed by atoms with E-state index in [1.165, 1.54) is 0 Å². The molecule has 1 rings (SSSR count). The van der Waals surface area contributed by atoms with E-state index in [2.05, 4.69) is 9.75 Å². The van der Waals surface area contributed by atoms with Crippen LogP contribution in [-0.4, -0.2) is 27.1 Å². The van der Waals surface area contributed by atoms with Crippen LogP contribution in [-0.2, 0) is 0 Å². The minimum Gasteiger partial charge on any atom is -0.498 e. The third-order valence-corrected chi connectivity index (χ3v) is 1.05. The van der Waals surface area contributed by atoms with Crippen molar-refractivity contribution in [1.29, 1.82) is 0 Å². The second kappa shape index (κ2) is 3.50. The second-order valence-corrected chi connectivity index (χ2v) is 1.84. The van der Waals surface area contributed by atoms with Gasteiger partial charge in [0.15, 0.2) is 0 Å². The zero-order valence-corrected chi connectivity index (χ0v) is 5.76. The molecular weight excluding hydrogens is 173 g/mol. The fraction of sp³-hybridized carbons (Fsp3) is 0.250. The van der Waals surface area contributed by atoms with Crippen molar-refractivity contribution in [2.75, 3.05) is 0 Å². The molecule has 0 radical (unpaired) electrons. The topological polar surface area (TPSA) is 67.5 Å². The van der Waals surface area contributed by atoms with Crippen molar-refractivity contribution in [2.45, 2.75) is 6.55 Å². The molecule has 1 aromatic heterocycles. The van der Waals surface area contributed by atoms with E-state index in [1.807, 2.05) is 0 Å². The third-order valence-electron chi connectivity index (χ3n) is 1.05. The first-order chi connectivity index (χ1) is 5.61. The van der Waals surface area contributed by atoms with Gasteiger partial charge in [0, 0.05) is 6.07 Å². The van der Waals surface area contributed by atoms with E-state index in [-0.39, 0.29) is 4.68 Å². The van der Waals surface area contributed by atoms with E-state index in [4.69, 9.17) is 10.0 Å². The zero-order chi connectivity index (χ0) is 9.14. The first-order valence-corrected chi connectivity index (χ1v) is 2.95. The van der Waals surface area contributed by atoms with Crippen LogP contribution in [0.25, 0.3) is 0 Å². The van der Waals surface area contributed by atoms with Gasteiger partial charge < -0.3 is 14.7 Å². The van der Waals surface area contributed by atoms with E-state index >= 15 is 0 Å². The Morgan fingerprint density at radius 1 is 1.58 bits per heavy atom. The number of halogens is 2. The summed E-state index contributed by atoms with van der Waals surface area (Å²) in [6.07, 6.45) is 1.06. The molecule has 0 saturated heterocycles. The van der Waals surface area contributed by atoms with Crippen LogP contribution in [0.1, 0.15) is 6.55 Å². The van der Waals surface area contributed by atoms with E-state index < -0.39 is 19.8 Å². The van der Waals surface area contributed by atoms with E-state index in [1.54, 1.807) is 0 Å². The Balaban J connectivity index is 2.77. The van der Waals surface area contributed by atoms with Crippen LogP contribution in [0.3, 0.4) is 0 Å². The van der Waals surface area contributed by atoms with Crippen molar-refractivity contribution in [1.82, 2.24) is 9.78 Å². The molecule has 0 saturated carbocycles. The number of alkyl halides is 2. The SMILES string of the molecule is OB(O)Oc1ccnn1C(F)F. The number of rotatable bonds is 3. The van der Waals surface area contributed by atoms with Crippen molar-refractivity contribution in [3.8, 4) is 5.88 Å². The highest BCUT2D eigenvalue weighted by atomic mass is 19.3. The van der Waals surface area contributed by atoms with Crippen LogP contribution < -0.4 is 4.65 Å². The average molecular weight is 178 g/mol. The lowest BCUT2D eigenvalue weighted by molar-refractivity contribution is 0.0492. The molecule has 0 amide bonds. The highest BCUT2D eigenvalue weighted by Crippen LogP contribution is 2.18. The molecule has 1 heterocycles. The Hall–Kier alpha value is -1.15. The highest BCUT2D eigenvalue weighted by molar-refractivity contribution is 6.33. The summed E-state index contributed by atoms with van der Waals surface area (Å²) in [5.41, 5.74) is 0. The molecule has 2 N–H and O–H groups in total. The van der Waals surface area contributed by atoms with Gasteiger partial charge in [-0.1, -0.05) is 0 Å². The number of hydrogen-bond acceptors (Lipinski definition) is 4. The lowest BCUT2D eigenvalue weighted by atomic mass is 10.3. The summed E-state index contributed by atoms with van der Waals surface area (Å²) in [5.74, 6) is -0.403. The van der Waals surface area contributed by atoms with Crippen LogP contribution in [0.2, 0.25) is 0 Å². The minimum absolute atomic E-state index is 0.222. The summed E-state index contributed by atoms with van der Waals surface area (Å²) in [6.45, 7) is -2.87. The predicted molar refractivity (Wildman–Crippen MR) is 34.3 cm³/mol. The third kappa shape index (κ3) is 1.92. The molecule has 0 aliphatic rings. The maximum Gasteiger partial charge on any atom is 0.708 e. The number of aromatic nitrogens is 2. The van der Waals surface area contributed by atoms with Crippen LogP contribution in [0.15, 0.2) is 12.3 Å². The van der Waals surface area contributed by atoms with Crippen LogP contribution in [0.5, 0.6) is 5.88 Å².